The summed E-state index contributed by atoms with van der Waals surface area (Å²) >= 11 is 9.08. The molecule has 0 aromatic carbocycles. The Morgan fingerprint density at radius 3 is 2.07 bits per heavy atom. The van der Waals surface area contributed by atoms with Crippen molar-refractivity contribution in [2.45, 2.75) is 13.5 Å². The molecule has 84 valence electrons. The Kier molecular flexibility index (Phi) is 6.44. The fraction of sp³-hybridized carbons (Fsp3) is 0.375. The molecule has 1 aromatic rings. The third kappa shape index (κ3) is 3.56. The SMILES string of the molecule is CCOC(=O)Cn1c(I)c(I)c(I)c1I. The second kappa shape index (κ2) is 6.56. The number of aromatic nitrogens is 1. The molecule has 7 heteroatoms. The van der Waals surface area contributed by atoms with Gasteiger partial charge in [0.05, 0.1) is 21.1 Å². The van der Waals surface area contributed by atoms with Gasteiger partial charge >= 0.3 is 5.97 Å². The van der Waals surface area contributed by atoms with Crippen LogP contribution in [-0.4, -0.2) is 17.1 Å². The van der Waals surface area contributed by atoms with Crippen LogP contribution in [0.25, 0.3) is 0 Å². The first-order valence-corrected chi connectivity index (χ1v) is 8.34. The van der Waals surface area contributed by atoms with Gasteiger partial charge in [0.2, 0.25) is 0 Å². The quantitative estimate of drug-likeness (QED) is 0.369. The lowest BCUT2D eigenvalue weighted by atomic mass is 10.6. The van der Waals surface area contributed by atoms with E-state index in [1.807, 2.05) is 11.5 Å². The van der Waals surface area contributed by atoms with Crippen LogP contribution in [0.15, 0.2) is 0 Å². The maximum atomic E-state index is 11.4. The summed E-state index contributed by atoms with van der Waals surface area (Å²) < 4.78 is 11.5. The highest BCUT2D eigenvalue weighted by atomic mass is 127. The van der Waals surface area contributed by atoms with Gasteiger partial charge in [0.1, 0.15) is 6.54 Å². The number of hydrogen-bond acceptors (Lipinski definition) is 2. The van der Waals surface area contributed by atoms with E-state index in [-0.39, 0.29) is 5.97 Å². The van der Waals surface area contributed by atoms with Crippen LogP contribution in [0.4, 0.5) is 0 Å². The zero-order chi connectivity index (χ0) is 11.6. The standard InChI is InChI=1S/C8H7I4NO2/c1-2-15-4(14)3-13-7(11)5(9)6(10)8(13)12/h2-3H2,1H3. The molecule has 0 fully saturated rings. The summed E-state index contributed by atoms with van der Waals surface area (Å²) in [7, 11) is 0. The smallest absolute Gasteiger partial charge is 0.325 e. The molecular weight excluding hydrogens is 650 g/mol. The zero-order valence-corrected chi connectivity index (χ0v) is 16.3. The van der Waals surface area contributed by atoms with E-state index in [0.29, 0.717) is 13.2 Å². The Bertz CT molecular complexity index is 363. The van der Waals surface area contributed by atoms with Crippen molar-refractivity contribution in [1.29, 1.82) is 0 Å². The average Bonchev–Trinajstić information content (AvgIpc) is 2.36. The number of ether oxygens (including phenoxy) is 1. The molecule has 0 amide bonds. The van der Waals surface area contributed by atoms with Gasteiger partial charge in [-0.3, -0.25) is 4.79 Å². The first-order valence-electron chi connectivity index (χ1n) is 4.03. The first-order chi connectivity index (χ1) is 6.99. The van der Waals surface area contributed by atoms with E-state index in [9.17, 15) is 4.79 Å². The van der Waals surface area contributed by atoms with Crippen molar-refractivity contribution in [3.05, 3.63) is 14.5 Å². The van der Waals surface area contributed by atoms with Gasteiger partial charge < -0.3 is 9.30 Å². The van der Waals surface area contributed by atoms with Gasteiger partial charge in [0.15, 0.2) is 0 Å². The molecular formula is C8H7I4NO2. The maximum Gasteiger partial charge on any atom is 0.325 e. The molecule has 0 bridgehead atoms. The van der Waals surface area contributed by atoms with Crippen LogP contribution in [0.3, 0.4) is 0 Å². The molecule has 3 nitrogen and oxygen atoms in total. The lowest BCUT2D eigenvalue weighted by Crippen LogP contribution is -2.15. The molecule has 0 radical (unpaired) electrons. The van der Waals surface area contributed by atoms with Crippen molar-refractivity contribution in [2.75, 3.05) is 6.61 Å². The van der Waals surface area contributed by atoms with Crippen LogP contribution in [0, 0.1) is 14.5 Å². The van der Waals surface area contributed by atoms with Crippen molar-refractivity contribution in [3.8, 4) is 0 Å². The molecule has 1 rings (SSSR count). The predicted octanol–water partition coefficient (Wildman–Crippen LogP) is 3.47. The summed E-state index contributed by atoms with van der Waals surface area (Å²) in [4.78, 5) is 11.4. The van der Waals surface area contributed by atoms with Crippen LogP contribution in [0.5, 0.6) is 0 Å². The Morgan fingerprint density at radius 2 is 1.67 bits per heavy atom. The van der Waals surface area contributed by atoms with Gasteiger partial charge in [-0.15, -0.1) is 0 Å². The number of esters is 1. The van der Waals surface area contributed by atoms with E-state index in [2.05, 4.69) is 90.4 Å². The molecule has 0 aliphatic carbocycles. The fourth-order valence-corrected chi connectivity index (χ4v) is 4.93. The fourth-order valence-electron chi connectivity index (χ4n) is 0.979. The summed E-state index contributed by atoms with van der Waals surface area (Å²) in [6.45, 7) is 2.54. The van der Waals surface area contributed by atoms with Crippen molar-refractivity contribution >= 4 is 96.3 Å². The minimum Gasteiger partial charge on any atom is -0.465 e. The van der Waals surface area contributed by atoms with Crippen molar-refractivity contribution < 1.29 is 9.53 Å². The molecule has 0 atom stereocenters. The highest BCUT2D eigenvalue weighted by Gasteiger charge is 2.18. The Labute approximate surface area is 143 Å². The van der Waals surface area contributed by atoms with Crippen molar-refractivity contribution in [3.63, 3.8) is 0 Å². The van der Waals surface area contributed by atoms with Crippen LogP contribution in [0.1, 0.15) is 6.92 Å². The molecule has 0 spiro atoms. The number of hydrogen-bond donors (Lipinski definition) is 0. The number of halogens is 4. The van der Waals surface area contributed by atoms with Crippen molar-refractivity contribution in [2.24, 2.45) is 0 Å². The van der Waals surface area contributed by atoms with E-state index in [0.717, 1.165) is 7.40 Å². The predicted molar refractivity (Wildman–Crippen MR) is 91.9 cm³/mol. The van der Waals surface area contributed by atoms with Gasteiger partial charge in [0.25, 0.3) is 0 Å². The largest absolute Gasteiger partial charge is 0.465 e. The number of carbonyl (C=O) groups excluding carboxylic acids is 1. The molecule has 0 aliphatic heterocycles. The average molecular weight is 657 g/mol. The topological polar surface area (TPSA) is 31.2 Å². The Morgan fingerprint density at radius 1 is 1.20 bits per heavy atom. The molecule has 0 N–H and O–H groups in total. The second-order valence-electron chi connectivity index (χ2n) is 2.60. The summed E-state index contributed by atoms with van der Waals surface area (Å²) in [5.74, 6) is -0.184. The number of rotatable bonds is 3. The molecule has 0 unspecified atom stereocenters. The molecule has 0 aliphatic rings. The maximum absolute atomic E-state index is 11.4. The van der Waals surface area contributed by atoms with Gasteiger partial charge in [-0.2, -0.15) is 0 Å². The molecule has 1 aromatic heterocycles. The highest BCUT2D eigenvalue weighted by Crippen LogP contribution is 2.28. The molecule has 1 heterocycles. The third-order valence-electron chi connectivity index (χ3n) is 1.62. The van der Waals surface area contributed by atoms with E-state index in [4.69, 9.17) is 4.74 Å². The summed E-state index contributed by atoms with van der Waals surface area (Å²) in [5.41, 5.74) is 0. The second-order valence-corrected chi connectivity index (χ2v) is 6.80. The van der Waals surface area contributed by atoms with Gasteiger partial charge in [-0.25, -0.2) is 0 Å². The van der Waals surface area contributed by atoms with E-state index in [1.54, 1.807) is 0 Å². The minimum atomic E-state index is -0.184. The Hall–Kier alpha value is 1.67. The zero-order valence-electron chi connectivity index (χ0n) is 7.69. The lowest BCUT2D eigenvalue weighted by Gasteiger charge is -2.06. The minimum absolute atomic E-state index is 0.184. The van der Waals surface area contributed by atoms with Crippen LogP contribution < -0.4 is 0 Å². The van der Waals surface area contributed by atoms with Crippen LogP contribution >= 0.6 is 90.4 Å². The molecule has 0 saturated carbocycles. The van der Waals surface area contributed by atoms with E-state index >= 15 is 0 Å². The number of nitrogens with zero attached hydrogens (tertiary/aromatic N) is 1. The number of carbonyl (C=O) groups is 1. The molecule has 0 saturated heterocycles. The van der Waals surface area contributed by atoms with E-state index < -0.39 is 0 Å². The van der Waals surface area contributed by atoms with Gasteiger partial charge in [-0.05, 0) is 97.3 Å². The normalized spacial score (nSPS) is 10.5. The summed E-state index contributed by atoms with van der Waals surface area (Å²) in [6, 6.07) is 0. The summed E-state index contributed by atoms with van der Waals surface area (Å²) in [6.07, 6.45) is 0. The molecule has 15 heavy (non-hydrogen) atoms. The van der Waals surface area contributed by atoms with Crippen LogP contribution in [0.2, 0.25) is 0 Å². The van der Waals surface area contributed by atoms with E-state index in [1.165, 1.54) is 7.14 Å². The first kappa shape index (κ1) is 14.7. The third-order valence-corrected chi connectivity index (χ3v) is 9.06. The highest BCUT2D eigenvalue weighted by molar-refractivity contribution is 14.1. The monoisotopic (exact) mass is 657 g/mol. The van der Waals surface area contributed by atoms with Crippen LogP contribution in [-0.2, 0) is 16.1 Å². The van der Waals surface area contributed by atoms with Gasteiger partial charge in [-0.1, -0.05) is 0 Å². The lowest BCUT2D eigenvalue weighted by molar-refractivity contribution is -0.143. The van der Waals surface area contributed by atoms with Crippen molar-refractivity contribution in [1.82, 2.24) is 4.57 Å². The summed E-state index contributed by atoms with van der Waals surface area (Å²) in [5, 5.41) is 0. The van der Waals surface area contributed by atoms with Gasteiger partial charge in [0, 0.05) is 0 Å². The Balaban J connectivity index is 2.95.